The number of nitrogens with zero attached hydrogens (tertiary/aromatic N) is 5. The summed E-state index contributed by atoms with van der Waals surface area (Å²) >= 11 is 0. The summed E-state index contributed by atoms with van der Waals surface area (Å²) in [7, 11) is 0. The molecule has 0 aliphatic carbocycles. The van der Waals surface area contributed by atoms with Crippen LogP contribution < -0.4 is 0 Å². The normalized spacial score (nSPS) is 23.3. The molecule has 1 aliphatic rings. The second kappa shape index (κ2) is 7.33. The van der Waals surface area contributed by atoms with Crippen LogP contribution in [-0.2, 0) is 11.3 Å². The van der Waals surface area contributed by atoms with Crippen LogP contribution in [0.5, 0.6) is 0 Å². The number of halogens is 1. The second-order valence-corrected chi connectivity index (χ2v) is 6.31. The van der Waals surface area contributed by atoms with Crippen molar-refractivity contribution in [2.75, 3.05) is 19.6 Å². The molecule has 1 aromatic heterocycles. The Hall–Kier alpha value is -1.90. The van der Waals surface area contributed by atoms with Gasteiger partial charge in [0.25, 0.3) is 0 Å². The first-order valence-electron chi connectivity index (χ1n) is 8.09. The van der Waals surface area contributed by atoms with E-state index in [1.165, 1.54) is 16.9 Å². The van der Waals surface area contributed by atoms with Crippen molar-refractivity contribution in [3.05, 3.63) is 30.1 Å². The first-order valence-corrected chi connectivity index (χ1v) is 8.09. The summed E-state index contributed by atoms with van der Waals surface area (Å²) in [5.41, 5.74) is 0.562. The number of hydrogen-bond acceptors (Lipinski definition) is 6. The summed E-state index contributed by atoms with van der Waals surface area (Å²) in [5.74, 6) is -0.00485. The largest absolute Gasteiger partial charge is 0.390 e. The van der Waals surface area contributed by atoms with Gasteiger partial charge in [0, 0.05) is 25.2 Å². The van der Waals surface area contributed by atoms with Gasteiger partial charge in [0.2, 0.25) is 5.82 Å². The zero-order chi connectivity index (χ0) is 17.1. The Morgan fingerprint density at radius 3 is 2.75 bits per heavy atom. The third-order valence-electron chi connectivity index (χ3n) is 3.87. The van der Waals surface area contributed by atoms with Gasteiger partial charge in [0.15, 0.2) is 0 Å². The molecule has 1 aromatic carbocycles. The molecule has 7 nitrogen and oxygen atoms in total. The number of aromatic nitrogens is 4. The monoisotopic (exact) mass is 335 g/mol. The van der Waals surface area contributed by atoms with Crippen LogP contribution in [0.4, 0.5) is 4.39 Å². The zero-order valence-corrected chi connectivity index (χ0v) is 13.8. The van der Waals surface area contributed by atoms with Crippen LogP contribution >= 0.6 is 0 Å². The van der Waals surface area contributed by atoms with Crippen molar-refractivity contribution >= 4 is 0 Å². The molecule has 0 bridgehead atoms. The number of rotatable bonds is 5. The summed E-state index contributed by atoms with van der Waals surface area (Å²) in [6, 6.07) is 6.04. The Kier molecular flexibility index (Phi) is 5.17. The van der Waals surface area contributed by atoms with E-state index < -0.39 is 6.10 Å². The Bertz CT molecular complexity index is 670. The third kappa shape index (κ3) is 4.34. The first-order chi connectivity index (χ1) is 11.5. The SMILES string of the molecule is C[C@@H]1CN(C[C@@H](O)Cn2nnc(-c3cccc(F)c3)n2)C[C@H](C)O1. The lowest BCUT2D eigenvalue weighted by Crippen LogP contribution is -2.48. The van der Waals surface area contributed by atoms with Gasteiger partial charge in [-0.3, -0.25) is 4.90 Å². The number of benzene rings is 1. The molecule has 3 rings (SSSR count). The average Bonchev–Trinajstić information content (AvgIpc) is 2.94. The number of morpholine rings is 1. The maximum Gasteiger partial charge on any atom is 0.205 e. The van der Waals surface area contributed by atoms with E-state index in [1.807, 2.05) is 13.8 Å². The highest BCUT2D eigenvalue weighted by atomic mass is 19.1. The van der Waals surface area contributed by atoms with Gasteiger partial charge < -0.3 is 9.84 Å². The van der Waals surface area contributed by atoms with Gasteiger partial charge >= 0.3 is 0 Å². The molecule has 130 valence electrons. The van der Waals surface area contributed by atoms with E-state index in [1.54, 1.807) is 12.1 Å². The molecule has 3 atom stereocenters. The molecule has 24 heavy (non-hydrogen) atoms. The van der Waals surface area contributed by atoms with E-state index in [0.717, 1.165) is 13.1 Å². The molecule has 0 amide bonds. The Morgan fingerprint density at radius 1 is 1.29 bits per heavy atom. The Balaban J connectivity index is 1.58. The van der Waals surface area contributed by atoms with Crippen LogP contribution in [0.15, 0.2) is 24.3 Å². The highest BCUT2D eigenvalue weighted by molar-refractivity contribution is 5.53. The van der Waals surface area contributed by atoms with Crippen molar-refractivity contribution in [3.63, 3.8) is 0 Å². The Morgan fingerprint density at radius 2 is 2.04 bits per heavy atom. The number of β-amino-alcohol motifs (C(OH)–C–C–N with tert-alkyl or cyclic N) is 1. The van der Waals surface area contributed by atoms with Crippen LogP contribution in [0.2, 0.25) is 0 Å². The molecule has 0 radical (unpaired) electrons. The molecule has 1 saturated heterocycles. The second-order valence-electron chi connectivity index (χ2n) is 6.31. The van der Waals surface area contributed by atoms with Gasteiger partial charge in [0.05, 0.1) is 24.9 Å². The van der Waals surface area contributed by atoms with Gasteiger partial charge in [-0.05, 0) is 31.2 Å². The minimum Gasteiger partial charge on any atom is -0.390 e. The van der Waals surface area contributed by atoms with Crippen LogP contribution in [0.1, 0.15) is 13.8 Å². The maximum atomic E-state index is 13.3. The van der Waals surface area contributed by atoms with Gasteiger partial charge in [-0.25, -0.2) is 4.39 Å². The topological polar surface area (TPSA) is 76.3 Å². The minimum atomic E-state index is -0.614. The number of aliphatic hydroxyl groups excluding tert-OH is 1. The molecule has 1 fully saturated rings. The smallest absolute Gasteiger partial charge is 0.205 e. The van der Waals surface area contributed by atoms with Crippen LogP contribution in [0.25, 0.3) is 11.4 Å². The van der Waals surface area contributed by atoms with E-state index in [4.69, 9.17) is 4.74 Å². The van der Waals surface area contributed by atoms with E-state index in [-0.39, 0.29) is 24.6 Å². The van der Waals surface area contributed by atoms with Crippen LogP contribution in [0.3, 0.4) is 0 Å². The fraction of sp³-hybridized carbons (Fsp3) is 0.562. The molecule has 0 unspecified atom stereocenters. The first kappa shape index (κ1) is 16.9. The van der Waals surface area contributed by atoms with Crippen molar-refractivity contribution in [2.24, 2.45) is 0 Å². The summed E-state index contributed by atoms with van der Waals surface area (Å²) in [6.07, 6.45) is -0.299. The van der Waals surface area contributed by atoms with E-state index >= 15 is 0 Å². The third-order valence-corrected chi connectivity index (χ3v) is 3.87. The number of aliphatic hydroxyl groups is 1. The van der Waals surface area contributed by atoms with E-state index in [2.05, 4.69) is 20.3 Å². The van der Waals surface area contributed by atoms with Gasteiger partial charge in [-0.2, -0.15) is 4.80 Å². The zero-order valence-electron chi connectivity index (χ0n) is 13.8. The predicted octanol–water partition coefficient (Wildman–Crippen LogP) is 0.949. The standard InChI is InChI=1S/C16H22FN5O2/c1-11-7-21(8-12(2)24-11)9-15(23)10-22-19-16(18-20-22)13-4-3-5-14(17)6-13/h3-6,11-12,15,23H,7-10H2,1-2H3/t11-,12+,15-/m1/s1. The van der Waals surface area contributed by atoms with Crippen molar-refractivity contribution in [3.8, 4) is 11.4 Å². The quantitative estimate of drug-likeness (QED) is 0.877. The van der Waals surface area contributed by atoms with Crippen molar-refractivity contribution in [2.45, 2.75) is 38.7 Å². The number of hydrogen-bond donors (Lipinski definition) is 1. The maximum absolute atomic E-state index is 13.3. The summed E-state index contributed by atoms with van der Waals surface area (Å²) in [6.45, 7) is 6.40. The molecule has 8 heteroatoms. The van der Waals surface area contributed by atoms with Gasteiger partial charge in [0.1, 0.15) is 5.82 Å². The van der Waals surface area contributed by atoms with Crippen molar-refractivity contribution in [1.29, 1.82) is 0 Å². The summed E-state index contributed by atoms with van der Waals surface area (Å²) < 4.78 is 18.9. The highest BCUT2D eigenvalue weighted by Gasteiger charge is 2.24. The Labute approximate surface area is 140 Å². The summed E-state index contributed by atoms with van der Waals surface area (Å²) in [5, 5.41) is 22.3. The fourth-order valence-electron chi connectivity index (χ4n) is 3.04. The molecule has 2 heterocycles. The number of tetrazole rings is 1. The lowest BCUT2D eigenvalue weighted by molar-refractivity contribution is -0.0776. The van der Waals surface area contributed by atoms with Gasteiger partial charge in [-0.15, -0.1) is 10.2 Å². The lowest BCUT2D eigenvalue weighted by Gasteiger charge is -2.36. The molecule has 0 spiro atoms. The molecule has 1 N–H and O–H groups in total. The number of ether oxygens (including phenoxy) is 1. The fourth-order valence-corrected chi connectivity index (χ4v) is 3.04. The average molecular weight is 335 g/mol. The highest BCUT2D eigenvalue weighted by Crippen LogP contribution is 2.15. The molecule has 2 aromatic rings. The molecular formula is C16H22FN5O2. The van der Waals surface area contributed by atoms with Gasteiger partial charge in [-0.1, -0.05) is 12.1 Å². The minimum absolute atomic E-state index is 0.157. The summed E-state index contributed by atoms with van der Waals surface area (Å²) in [4.78, 5) is 3.52. The predicted molar refractivity (Wildman–Crippen MR) is 85.7 cm³/mol. The lowest BCUT2D eigenvalue weighted by atomic mass is 10.2. The van der Waals surface area contributed by atoms with Crippen LogP contribution in [-0.4, -0.2) is 68.2 Å². The van der Waals surface area contributed by atoms with Crippen molar-refractivity contribution < 1.29 is 14.2 Å². The van der Waals surface area contributed by atoms with E-state index in [0.29, 0.717) is 17.9 Å². The molecule has 1 aliphatic heterocycles. The van der Waals surface area contributed by atoms with Crippen molar-refractivity contribution in [1.82, 2.24) is 25.1 Å². The molecule has 0 saturated carbocycles. The molecular weight excluding hydrogens is 313 g/mol. The van der Waals surface area contributed by atoms with Crippen LogP contribution in [0, 0.1) is 5.82 Å². The van der Waals surface area contributed by atoms with E-state index in [9.17, 15) is 9.50 Å².